The van der Waals surface area contributed by atoms with Gasteiger partial charge in [-0.3, -0.25) is 9.97 Å². The Morgan fingerprint density at radius 2 is 2.06 bits per heavy atom. The van der Waals surface area contributed by atoms with Gasteiger partial charge >= 0.3 is 0 Å². The van der Waals surface area contributed by atoms with Crippen LogP contribution in [0.4, 0.5) is 0 Å². The van der Waals surface area contributed by atoms with E-state index in [2.05, 4.69) is 9.97 Å². The monoisotopic (exact) mass is 215 g/mol. The molecule has 0 atom stereocenters. The van der Waals surface area contributed by atoms with E-state index in [1.165, 1.54) is 0 Å². The van der Waals surface area contributed by atoms with Crippen molar-refractivity contribution in [1.82, 2.24) is 9.97 Å². The average Bonchev–Trinajstić information content (AvgIpc) is 2.39. The largest absolute Gasteiger partial charge is 0.495 e. The van der Waals surface area contributed by atoms with Crippen molar-refractivity contribution in [2.45, 2.75) is 6.54 Å². The van der Waals surface area contributed by atoms with Gasteiger partial charge in [0.1, 0.15) is 5.75 Å². The number of aromatic nitrogens is 2. The van der Waals surface area contributed by atoms with E-state index in [4.69, 9.17) is 10.5 Å². The van der Waals surface area contributed by atoms with E-state index in [1.54, 1.807) is 25.7 Å². The van der Waals surface area contributed by atoms with Crippen LogP contribution in [0.2, 0.25) is 0 Å². The molecule has 0 fully saturated rings. The highest BCUT2D eigenvalue weighted by Gasteiger charge is 2.05. The van der Waals surface area contributed by atoms with Crippen LogP contribution in [0.3, 0.4) is 0 Å². The van der Waals surface area contributed by atoms with Gasteiger partial charge in [0.25, 0.3) is 0 Å². The molecule has 0 unspecified atom stereocenters. The van der Waals surface area contributed by atoms with Gasteiger partial charge in [-0.25, -0.2) is 0 Å². The number of rotatable bonds is 3. The summed E-state index contributed by atoms with van der Waals surface area (Å²) >= 11 is 0. The van der Waals surface area contributed by atoms with E-state index in [9.17, 15) is 0 Å². The minimum Gasteiger partial charge on any atom is -0.495 e. The quantitative estimate of drug-likeness (QED) is 0.845. The summed E-state index contributed by atoms with van der Waals surface area (Å²) < 4.78 is 5.17. The Morgan fingerprint density at radius 1 is 1.31 bits per heavy atom. The maximum Gasteiger partial charge on any atom is 0.141 e. The lowest BCUT2D eigenvalue weighted by molar-refractivity contribution is 0.408. The van der Waals surface area contributed by atoms with Crippen molar-refractivity contribution < 1.29 is 4.74 Å². The molecule has 0 amide bonds. The van der Waals surface area contributed by atoms with E-state index < -0.39 is 0 Å². The number of hydrogen-bond donors (Lipinski definition) is 1. The van der Waals surface area contributed by atoms with Gasteiger partial charge in [-0.15, -0.1) is 0 Å². The molecule has 0 aromatic carbocycles. The Kier molecular flexibility index (Phi) is 3.12. The van der Waals surface area contributed by atoms with Gasteiger partial charge in [0, 0.05) is 30.1 Å². The molecule has 0 aliphatic rings. The van der Waals surface area contributed by atoms with Crippen molar-refractivity contribution in [3.8, 4) is 17.0 Å². The fraction of sp³-hybridized carbons (Fsp3) is 0.167. The van der Waals surface area contributed by atoms with E-state index in [1.807, 2.05) is 18.2 Å². The van der Waals surface area contributed by atoms with Gasteiger partial charge < -0.3 is 10.5 Å². The molecular formula is C12H13N3O. The molecule has 2 N–H and O–H groups in total. The highest BCUT2D eigenvalue weighted by atomic mass is 16.5. The van der Waals surface area contributed by atoms with Gasteiger partial charge in [0.15, 0.2) is 0 Å². The maximum atomic E-state index is 5.65. The molecule has 0 spiro atoms. The van der Waals surface area contributed by atoms with Gasteiger partial charge in [0.2, 0.25) is 0 Å². The summed E-state index contributed by atoms with van der Waals surface area (Å²) in [5.74, 6) is 0.723. The highest BCUT2D eigenvalue weighted by molar-refractivity contribution is 5.60. The summed E-state index contributed by atoms with van der Waals surface area (Å²) in [4.78, 5) is 8.29. The summed E-state index contributed by atoms with van der Waals surface area (Å²) in [6, 6.07) is 5.76. The zero-order valence-electron chi connectivity index (χ0n) is 9.05. The molecule has 0 aliphatic heterocycles. The molecule has 0 bridgehead atoms. The van der Waals surface area contributed by atoms with Crippen molar-refractivity contribution in [1.29, 1.82) is 0 Å². The van der Waals surface area contributed by atoms with Crippen molar-refractivity contribution in [3.05, 3.63) is 42.4 Å². The van der Waals surface area contributed by atoms with Crippen LogP contribution in [0.25, 0.3) is 11.3 Å². The molecule has 16 heavy (non-hydrogen) atoms. The molecule has 0 aliphatic carbocycles. The van der Waals surface area contributed by atoms with Crippen molar-refractivity contribution in [3.63, 3.8) is 0 Å². The smallest absolute Gasteiger partial charge is 0.141 e. The zero-order valence-corrected chi connectivity index (χ0v) is 9.05. The lowest BCUT2D eigenvalue weighted by atomic mass is 10.1. The molecule has 2 rings (SSSR count). The molecular weight excluding hydrogens is 202 g/mol. The zero-order chi connectivity index (χ0) is 11.4. The van der Waals surface area contributed by atoms with Crippen LogP contribution in [-0.4, -0.2) is 17.1 Å². The fourth-order valence-electron chi connectivity index (χ4n) is 1.51. The van der Waals surface area contributed by atoms with Crippen LogP contribution >= 0.6 is 0 Å². The fourth-order valence-corrected chi connectivity index (χ4v) is 1.51. The van der Waals surface area contributed by atoms with E-state index in [-0.39, 0.29) is 0 Å². The predicted molar refractivity (Wildman–Crippen MR) is 61.9 cm³/mol. The number of nitrogens with zero attached hydrogens (tertiary/aromatic N) is 2. The van der Waals surface area contributed by atoms with Crippen molar-refractivity contribution >= 4 is 0 Å². The second-order valence-electron chi connectivity index (χ2n) is 3.32. The SMILES string of the molecule is COc1cnc(-c2ccncc2)cc1CN. The first-order valence-corrected chi connectivity index (χ1v) is 4.98. The molecule has 0 radical (unpaired) electrons. The molecule has 0 saturated carbocycles. The minimum absolute atomic E-state index is 0.434. The molecule has 4 heteroatoms. The van der Waals surface area contributed by atoms with Crippen molar-refractivity contribution in [2.75, 3.05) is 7.11 Å². The first-order chi connectivity index (χ1) is 7.85. The van der Waals surface area contributed by atoms with Gasteiger partial charge in [0.05, 0.1) is 19.0 Å². The van der Waals surface area contributed by atoms with Crippen molar-refractivity contribution in [2.24, 2.45) is 5.73 Å². The van der Waals surface area contributed by atoms with E-state index >= 15 is 0 Å². The van der Waals surface area contributed by atoms with Gasteiger partial charge in [-0.05, 0) is 18.2 Å². The van der Waals surface area contributed by atoms with Gasteiger partial charge in [-0.2, -0.15) is 0 Å². The first-order valence-electron chi connectivity index (χ1n) is 4.98. The lowest BCUT2D eigenvalue weighted by Gasteiger charge is -2.08. The first kappa shape index (κ1) is 10.6. The highest BCUT2D eigenvalue weighted by Crippen LogP contribution is 2.23. The van der Waals surface area contributed by atoms with Crippen LogP contribution < -0.4 is 10.5 Å². The molecule has 0 saturated heterocycles. The summed E-state index contributed by atoms with van der Waals surface area (Å²) in [6.45, 7) is 0.434. The minimum atomic E-state index is 0.434. The number of ether oxygens (including phenoxy) is 1. The second kappa shape index (κ2) is 4.72. The van der Waals surface area contributed by atoms with Crippen LogP contribution in [0, 0.1) is 0 Å². The summed E-state index contributed by atoms with van der Waals surface area (Å²) in [5, 5.41) is 0. The predicted octanol–water partition coefficient (Wildman–Crippen LogP) is 1.61. The molecule has 2 aromatic heterocycles. The number of hydrogen-bond acceptors (Lipinski definition) is 4. The van der Waals surface area contributed by atoms with E-state index in [0.29, 0.717) is 6.54 Å². The standard InChI is InChI=1S/C12H13N3O/c1-16-12-8-15-11(6-10(12)7-13)9-2-4-14-5-3-9/h2-6,8H,7,13H2,1H3. The van der Waals surface area contributed by atoms with Crippen LogP contribution in [0.15, 0.2) is 36.8 Å². The topological polar surface area (TPSA) is 61.0 Å². The Bertz CT molecular complexity index is 471. The van der Waals surface area contributed by atoms with Crippen LogP contribution in [0.1, 0.15) is 5.56 Å². The molecule has 2 heterocycles. The normalized spacial score (nSPS) is 10.1. The third-order valence-electron chi connectivity index (χ3n) is 2.36. The summed E-state index contributed by atoms with van der Waals surface area (Å²) in [6.07, 6.45) is 5.17. The van der Waals surface area contributed by atoms with E-state index in [0.717, 1.165) is 22.6 Å². The number of nitrogens with two attached hydrogens (primary N) is 1. The number of methoxy groups -OCH3 is 1. The second-order valence-corrected chi connectivity index (χ2v) is 3.32. The van der Waals surface area contributed by atoms with Crippen LogP contribution in [-0.2, 0) is 6.54 Å². The Labute approximate surface area is 94.1 Å². The molecule has 82 valence electrons. The Balaban J connectivity index is 2.44. The third-order valence-corrected chi connectivity index (χ3v) is 2.36. The molecule has 2 aromatic rings. The lowest BCUT2D eigenvalue weighted by Crippen LogP contribution is -2.01. The van der Waals surface area contributed by atoms with Crippen LogP contribution in [0.5, 0.6) is 5.75 Å². The average molecular weight is 215 g/mol. The summed E-state index contributed by atoms with van der Waals surface area (Å²) in [7, 11) is 1.61. The molecule has 4 nitrogen and oxygen atoms in total. The van der Waals surface area contributed by atoms with Gasteiger partial charge in [-0.1, -0.05) is 0 Å². The number of pyridine rings is 2. The third kappa shape index (κ3) is 2.01. The Hall–Kier alpha value is -1.94. The summed E-state index contributed by atoms with van der Waals surface area (Å²) in [5.41, 5.74) is 8.50. The maximum absolute atomic E-state index is 5.65. The Morgan fingerprint density at radius 3 is 2.69 bits per heavy atom.